The Morgan fingerprint density at radius 2 is 2.64 bits per heavy atom. The molecule has 1 atom stereocenters. The van der Waals surface area contributed by atoms with Crippen molar-refractivity contribution in [3.05, 3.63) is 0 Å². The molecule has 0 radical (unpaired) electrons. The molecule has 0 saturated carbocycles. The lowest BCUT2D eigenvalue weighted by atomic mass is 10.2. The van der Waals surface area contributed by atoms with Gasteiger partial charge in [0.15, 0.2) is 5.84 Å². The molecule has 11 heavy (non-hydrogen) atoms. The summed E-state index contributed by atoms with van der Waals surface area (Å²) in [7, 11) is 0. The van der Waals surface area contributed by atoms with Crippen LogP contribution in [0.2, 0.25) is 0 Å². The Labute approximate surface area is 70.2 Å². The van der Waals surface area contributed by atoms with Gasteiger partial charge >= 0.3 is 0 Å². The molecule has 4 N–H and O–H groups in total. The fourth-order valence-electron chi connectivity index (χ4n) is 0.980. The van der Waals surface area contributed by atoms with Crippen LogP contribution in [0.3, 0.4) is 0 Å². The molecule has 4 nitrogen and oxygen atoms in total. The molecule has 0 bridgehead atoms. The molecule has 1 fully saturated rings. The first-order valence-electron chi connectivity index (χ1n) is 3.60. The normalized spacial score (nSPS) is 25.8. The third-order valence-corrected chi connectivity index (χ3v) is 2.79. The Bertz CT molecular complexity index is 145. The second-order valence-corrected chi connectivity index (χ2v) is 3.68. The lowest BCUT2D eigenvalue weighted by Gasteiger charge is -2.08. The summed E-state index contributed by atoms with van der Waals surface area (Å²) in [5.74, 6) is 2.61. The maximum atomic E-state index is 8.23. The second kappa shape index (κ2) is 4.46. The largest absolute Gasteiger partial charge is 0.409 e. The Hall–Kier alpha value is -0.420. The van der Waals surface area contributed by atoms with Crippen LogP contribution in [0.15, 0.2) is 5.16 Å². The van der Waals surface area contributed by atoms with Crippen molar-refractivity contribution in [3.8, 4) is 0 Å². The summed E-state index contributed by atoms with van der Waals surface area (Å²) in [5, 5.41) is 14.3. The monoisotopic (exact) mass is 175 g/mol. The fraction of sp³-hybridized carbons (Fsp3) is 0.833. The molecule has 1 unspecified atom stereocenters. The Balaban J connectivity index is 2.11. The van der Waals surface area contributed by atoms with E-state index in [0.717, 1.165) is 5.75 Å². The molecule has 0 aliphatic carbocycles. The minimum Gasteiger partial charge on any atom is -0.409 e. The van der Waals surface area contributed by atoms with Crippen LogP contribution in [0.1, 0.15) is 6.42 Å². The molecule has 0 amide bonds. The SMILES string of the molecule is NC(CNC1CCSC1)=NO. The van der Waals surface area contributed by atoms with E-state index >= 15 is 0 Å². The van der Waals surface area contributed by atoms with Gasteiger partial charge in [0.25, 0.3) is 0 Å². The van der Waals surface area contributed by atoms with Crippen LogP contribution < -0.4 is 11.1 Å². The van der Waals surface area contributed by atoms with Gasteiger partial charge in [-0.2, -0.15) is 11.8 Å². The third-order valence-electron chi connectivity index (χ3n) is 1.63. The highest BCUT2D eigenvalue weighted by molar-refractivity contribution is 7.99. The minimum atomic E-state index is 0.252. The highest BCUT2D eigenvalue weighted by Gasteiger charge is 2.14. The van der Waals surface area contributed by atoms with Crippen molar-refractivity contribution in [2.45, 2.75) is 12.5 Å². The maximum Gasteiger partial charge on any atom is 0.153 e. The predicted octanol–water partition coefficient (Wildman–Crippen LogP) is -0.172. The Morgan fingerprint density at radius 3 is 3.18 bits per heavy atom. The van der Waals surface area contributed by atoms with E-state index in [1.54, 1.807) is 0 Å². The molecule has 0 aromatic carbocycles. The van der Waals surface area contributed by atoms with Gasteiger partial charge in [0.1, 0.15) is 0 Å². The minimum absolute atomic E-state index is 0.252. The number of thioether (sulfide) groups is 1. The van der Waals surface area contributed by atoms with Gasteiger partial charge < -0.3 is 16.3 Å². The molecule has 0 spiro atoms. The summed E-state index contributed by atoms with van der Waals surface area (Å²) in [6, 6.07) is 0.542. The molecule has 0 aromatic heterocycles. The van der Waals surface area contributed by atoms with Crippen LogP contribution in [0.4, 0.5) is 0 Å². The molecule has 1 rings (SSSR count). The highest BCUT2D eigenvalue weighted by atomic mass is 32.2. The van der Waals surface area contributed by atoms with Crippen molar-refractivity contribution in [2.75, 3.05) is 18.1 Å². The summed E-state index contributed by atoms with van der Waals surface area (Å²) in [4.78, 5) is 0. The topological polar surface area (TPSA) is 70.6 Å². The van der Waals surface area contributed by atoms with Gasteiger partial charge in [0.2, 0.25) is 0 Å². The molecule has 1 aliphatic heterocycles. The summed E-state index contributed by atoms with van der Waals surface area (Å²) in [6.07, 6.45) is 1.18. The molecule has 1 saturated heterocycles. The highest BCUT2D eigenvalue weighted by Crippen LogP contribution is 2.16. The van der Waals surface area contributed by atoms with Crippen molar-refractivity contribution in [1.29, 1.82) is 0 Å². The van der Waals surface area contributed by atoms with Gasteiger partial charge in [-0.25, -0.2) is 0 Å². The fourth-order valence-corrected chi connectivity index (χ4v) is 2.17. The van der Waals surface area contributed by atoms with Crippen molar-refractivity contribution < 1.29 is 5.21 Å². The number of hydrogen-bond acceptors (Lipinski definition) is 4. The van der Waals surface area contributed by atoms with Crippen LogP contribution >= 0.6 is 11.8 Å². The van der Waals surface area contributed by atoms with E-state index in [2.05, 4.69) is 10.5 Å². The van der Waals surface area contributed by atoms with Crippen LogP contribution in [-0.2, 0) is 0 Å². The van der Waals surface area contributed by atoms with Crippen LogP contribution in [0, 0.1) is 0 Å². The molecule has 5 heteroatoms. The van der Waals surface area contributed by atoms with E-state index in [0.29, 0.717) is 12.6 Å². The first-order valence-corrected chi connectivity index (χ1v) is 4.76. The predicted molar refractivity (Wildman–Crippen MR) is 47.1 cm³/mol. The summed E-state index contributed by atoms with van der Waals surface area (Å²) < 4.78 is 0. The van der Waals surface area contributed by atoms with E-state index in [1.165, 1.54) is 12.2 Å². The lowest BCUT2D eigenvalue weighted by Crippen LogP contribution is -2.36. The second-order valence-electron chi connectivity index (χ2n) is 2.53. The van der Waals surface area contributed by atoms with Gasteiger partial charge in [0, 0.05) is 11.8 Å². The van der Waals surface area contributed by atoms with E-state index in [-0.39, 0.29) is 5.84 Å². The summed E-state index contributed by atoms with van der Waals surface area (Å²) in [5.41, 5.74) is 5.28. The van der Waals surface area contributed by atoms with Gasteiger partial charge in [-0.1, -0.05) is 5.16 Å². The van der Waals surface area contributed by atoms with Crippen molar-refractivity contribution in [2.24, 2.45) is 10.9 Å². The zero-order valence-corrected chi connectivity index (χ0v) is 7.10. The maximum absolute atomic E-state index is 8.23. The molecular formula is C6H13N3OS. The Kier molecular flexibility index (Phi) is 3.51. The number of nitrogens with two attached hydrogens (primary N) is 1. The number of nitrogens with zero attached hydrogens (tertiary/aromatic N) is 1. The quantitative estimate of drug-likeness (QED) is 0.241. The molecule has 64 valence electrons. The average Bonchev–Trinajstić information content (AvgIpc) is 2.52. The van der Waals surface area contributed by atoms with E-state index < -0.39 is 0 Å². The molecule has 1 heterocycles. The van der Waals surface area contributed by atoms with Crippen molar-refractivity contribution in [1.82, 2.24) is 5.32 Å². The third kappa shape index (κ3) is 2.98. The number of hydrogen-bond donors (Lipinski definition) is 3. The van der Waals surface area contributed by atoms with E-state index in [9.17, 15) is 0 Å². The van der Waals surface area contributed by atoms with Crippen molar-refractivity contribution in [3.63, 3.8) is 0 Å². The number of nitrogens with one attached hydrogen (secondary N) is 1. The Morgan fingerprint density at radius 1 is 1.82 bits per heavy atom. The smallest absolute Gasteiger partial charge is 0.153 e. The van der Waals surface area contributed by atoms with Crippen LogP contribution in [0.25, 0.3) is 0 Å². The van der Waals surface area contributed by atoms with Gasteiger partial charge in [-0.3, -0.25) is 0 Å². The molecule has 1 aliphatic rings. The number of amidine groups is 1. The zero-order chi connectivity index (χ0) is 8.10. The molecular weight excluding hydrogens is 162 g/mol. The number of oxime groups is 1. The van der Waals surface area contributed by atoms with Gasteiger partial charge in [-0.15, -0.1) is 0 Å². The summed E-state index contributed by atoms with van der Waals surface area (Å²) >= 11 is 1.94. The first kappa shape index (κ1) is 8.67. The van der Waals surface area contributed by atoms with E-state index in [4.69, 9.17) is 10.9 Å². The zero-order valence-electron chi connectivity index (χ0n) is 6.29. The number of rotatable bonds is 3. The average molecular weight is 175 g/mol. The molecule has 0 aromatic rings. The van der Waals surface area contributed by atoms with Gasteiger partial charge in [-0.05, 0) is 12.2 Å². The first-order chi connectivity index (χ1) is 5.33. The van der Waals surface area contributed by atoms with Crippen LogP contribution in [-0.4, -0.2) is 35.1 Å². The van der Waals surface area contributed by atoms with Crippen LogP contribution in [0.5, 0.6) is 0 Å². The van der Waals surface area contributed by atoms with Crippen molar-refractivity contribution >= 4 is 17.6 Å². The summed E-state index contributed by atoms with van der Waals surface area (Å²) in [6.45, 7) is 0.488. The standard InChI is InChI=1S/C6H13N3OS/c7-6(9-10)3-8-5-1-2-11-4-5/h5,8,10H,1-4H2,(H2,7,9). The van der Waals surface area contributed by atoms with E-state index in [1.807, 2.05) is 11.8 Å². The van der Waals surface area contributed by atoms with Gasteiger partial charge in [0.05, 0.1) is 6.54 Å². The lowest BCUT2D eigenvalue weighted by molar-refractivity contribution is 0.316.